The highest BCUT2D eigenvalue weighted by Crippen LogP contribution is 2.23. The lowest BCUT2D eigenvalue weighted by molar-refractivity contribution is 0.306. The Labute approximate surface area is 175 Å². The van der Waals surface area contributed by atoms with E-state index >= 15 is 0 Å². The fourth-order valence-corrected chi connectivity index (χ4v) is 4.16. The maximum absolute atomic E-state index is 6.00. The number of thiazole rings is 1. The van der Waals surface area contributed by atoms with Gasteiger partial charge in [-0.2, -0.15) is 5.10 Å². The molecule has 0 aliphatic heterocycles. The van der Waals surface area contributed by atoms with Gasteiger partial charge in [-0.25, -0.2) is 0 Å². The summed E-state index contributed by atoms with van der Waals surface area (Å²) in [6, 6.07) is 24.2. The number of hydrogen-bond acceptors (Lipinski definition) is 4. The van der Waals surface area contributed by atoms with Crippen LogP contribution in [0.5, 0.6) is 5.75 Å². The predicted octanol–water partition coefficient (Wildman–Crippen LogP) is 5.52. The van der Waals surface area contributed by atoms with Crippen molar-refractivity contribution in [2.75, 3.05) is 0 Å². The molecular formula is C22H18BrN3OS. The van der Waals surface area contributed by atoms with Crippen LogP contribution in [0.15, 0.2) is 87.5 Å². The predicted molar refractivity (Wildman–Crippen MR) is 119 cm³/mol. The first kappa shape index (κ1) is 18.7. The summed E-state index contributed by atoms with van der Waals surface area (Å²) in [6.45, 7) is 0.506. The molecular weight excluding hydrogens is 434 g/mol. The molecule has 0 fully saturated rings. The first-order valence-corrected chi connectivity index (χ1v) is 10.4. The van der Waals surface area contributed by atoms with E-state index in [0.29, 0.717) is 6.61 Å². The van der Waals surface area contributed by atoms with Crippen LogP contribution < -0.4 is 9.54 Å². The Bertz CT molecular complexity index is 1200. The molecule has 0 saturated heterocycles. The fraction of sp³-hybridized carbons (Fsp3) is 0.0909. The minimum absolute atomic E-state index is 0.506. The Morgan fingerprint density at radius 2 is 1.82 bits per heavy atom. The molecule has 6 heteroatoms. The highest BCUT2D eigenvalue weighted by Gasteiger charge is 2.04. The zero-order valence-corrected chi connectivity index (χ0v) is 17.7. The van der Waals surface area contributed by atoms with Gasteiger partial charge in [-0.05, 0) is 35.9 Å². The SMILES string of the molecule is Cn1/c(=N\N=C\c2cc(Br)ccc2OCc2ccccc2)sc2ccccc21. The lowest BCUT2D eigenvalue weighted by Gasteiger charge is -2.09. The van der Waals surface area contributed by atoms with Crippen LogP contribution in [-0.4, -0.2) is 10.8 Å². The Balaban J connectivity index is 1.59. The van der Waals surface area contributed by atoms with E-state index in [9.17, 15) is 0 Å². The molecule has 0 spiro atoms. The molecule has 140 valence electrons. The first-order chi connectivity index (χ1) is 13.7. The van der Waals surface area contributed by atoms with Gasteiger partial charge in [-0.3, -0.25) is 0 Å². The van der Waals surface area contributed by atoms with Crippen molar-refractivity contribution >= 4 is 43.7 Å². The molecule has 28 heavy (non-hydrogen) atoms. The summed E-state index contributed by atoms with van der Waals surface area (Å²) in [5.74, 6) is 0.770. The minimum Gasteiger partial charge on any atom is -0.488 e. The second-order valence-corrected chi connectivity index (χ2v) is 8.14. The van der Waals surface area contributed by atoms with Crippen molar-refractivity contribution in [2.24, 2.45) is 17.3 Å². The molecule has 0 unspecified atom stereocenters. The molecule has 0 saturated carbocycles. The van der Waals surface area contributed by atoms with Crippen LogP contribution in [0.4, 0.5) is 0 Å². The van der Waals surface area contributed by atoms with E-state index in [1.807, 2.05) is 72.3 Å². The molecule has 0 atom stereocenters. The summed E-state index contributed by atoms with van der Waals surface area (Å²) in [4.78, 5) is 0.846. The molecule has 1 aromatic heterocycles. The van der Waals surface area contributed by atoms with E-state index in [-0.39, 0.29) is 0 Å². The zero-order valence-electron chi connectivity index (χ0n) is 15.2. The molecule has 0 aliphatic rings. The topological polar surface area (TPSA) is 38.9 Å². The third-order valence-electron chi connectivity index (χ3n) is 4.26. The van der Waals surface area contributed by atoms with Crippen molar-refractivity contribution in [3.63, 3.8) is 0 Å². The van der Waals surface area contributed by atoms with E-state index in [0.717, 1.165) is 31.7 Å². The number of nitrogens with zero attached hydrogens (tertiary/aromatic N) is 3. The van der Waals surface area contributed by atoms with Crippen molar-refractivity contribution in [1.29, 1.82) is 0 Å². The van der Waals surface area contributed by atoms with E-state index in [4.69, 9.17) is 4.74 Å². The van der Waals surface area contributed by atoms with E-state index in [1.54, 1.807) is 17.6 Å². The van der Waals surface area contributed by atoms with Gasteiger partial charge < -0.3 is 9.30 Å². The Hall–Kier alpha value is -2.70. The molecule has 0 N–H and O–H groups in total. The smallest absolute Gasteiger partial charge is 0.211 e. The van der Waals surface area contributed by atoms with Gasteiger partial charge in [0.15, 0.2) is 0 Å². The second-order valence-electron chi connectivity index (χ2n) is 6.21. The zero-order chi connectivity index (χ0) is 19.3. The molecule has 4 rings (SSSR count). The Morgan fingerprint density at radius 3 is 2.64 bits per heavy atom. The second kappa shape index (κ2) is 8.54. The Kier molecular flexibility index (Phi) is 5.69. The number of fused-ring (bicyclic) bond motifs is 1. The van der Waals surface area contributed by atoms with Crippen molar-refractivity contribution in [3.05, 3.63) is 93.2 Å². The summed E-state index contributed by atoms with van der Waals surface area (Å²) in [5.41, 5.74) is 3.14. The van der Waals surface area contributed by atoms with E-state index in [2.05, 4.69) is 38.3 Å². The van der Waals surface area contributed by atoms with E-state index < -0.39 is 0 Å². The van der Waals surface area contributed by atoms with Crippen LogP contribution in [0.2, 0.25) is 0 Å². The number of benzene rings is 3. The highest BCUT2D eigenvalue weighted by molar-refractivity contribution is 9.10. The number of rotatable bonds is 5. The molecule has 1 heterocycles. The largest absolute Gasteiger partial charge is 0.488 e. The van der Waals surface area contributed by atoms with Crippen molar-refractivity contribution in [3.8, 4) is 5.75 Å². The van der Waals surface area contributed by atoms with Gasteiger partial charge in [0.1, 0.15) is 12.4 Å². The van der Waals surface area contributed by atoms with E-state index in [1.165, 1.54) is 4.70 Å². The van der Waals surface area contributed by atoms with Gasteiger partial charge in [0.05, 0.1) is 16.4 Å². The normalized spacial score (nSPS) is 12.1. The Morgan fingerprint density at radius 1 is 1.04 bits per heavy atom. The molecule has 0 aliphatic carbocycles. The number of ether oxygens (including phenoxy) is 1. The van der Waals surface area contributed by atoms with Crippen LogP contribution in [0.3, 0.4) is 0 Å². The number of aryl methyl sites for hydroxylation is 1. The van der Waals surface area contributed by atoms with Gasteiger partial charge in [0.2, 0.25) is 4.80 Å². The standard InChI is InChI=1S/C22H18BrN3OS/c1-26-19-9-5-6-10-21(19)28-22(26)25-24-14-17-13-18(23)11-12-20(17)27-15-16-7-3-2-4-8-16/h2-14H,15H2,1H3/b24-14+,25-22+. The van der Waals surface area contributed by atoms with Gasteiger partial charge in [-0.1, -0.05) is 69.7 Å². The molecule has 0 radical (unpaired) electrons. The maximum Gasteiger partial charge on any atom is 0.211 e. The first-order valence-electron chi connectivity index (χ1n) is 8.78. The molecule has 0 bridgehead atoms. The fourth-order valence-electron chi connectivity index (χ4n) is 2.81. The van der Waals surface area contributed by atoms with Gasteiger partial charge in [0.25, 0.3) is 0 Å². The number of hydrogen-bond donors (Lipinski definition) is 0. The molecule has 4 aromatic rings. The highest BCUT2D eigenvalue weighted by atomic mass is 79.9. The van der Waals surface area contributed by atoms with Crippen molar-refractivity contribution < 1.29 is 4.74 Å². The molecule has 3 aromatic carbocycles. The number of halogens is 1. The van der Waals surface area contributed by atoms with Gasteiger partial charge in [0, 0.05) is 17.1 Å². The summed E-state index contributed by atoms with van der Waals surface area (Å²) in [5, 5.41) is 8.72. The summed E-state index contributed by atoms with van der Waals surface area (Å²) in [7, 11) is 2.00. The van der Waals surface area contributed by atoms with Crippen LogP contribution >= 0.6 is 27.3 Å². The van der Waals surface area contributed by atoms with Crippen LogP contribution in [0, 0.1) is 0 Å². The summed E-state index contributed by atoms with van der Waals surface area (Å²) < 4.78 is 10.2. The lowest BCUT2D eigenvalue weighted by Crippen LogP contribution is -2.08. The van der Waals surface area contributed by atoms with Crippen molar-refractivity contribution in [2.45, 2.75) is 6.61 Å². The molecule has 0 amide bonds. The van der Waals surface area contributed by atoms with Gasteiger partial charge >= 0.3 is 0 Å². The minimum atomic E-state index is 0.506. The van der Waals surface area contributed by atoms with Gasteiger partial charge in [-0.15, -0.1) is 5.10 Å². The number of aromatic nitrogens is 1. The lowest BCUT2D eigenvalue weighted by atomic mass is 10.2. The average molecular weight is 452 g/mol. The third-order valence-corrected chi connectivity index (χ3v) is 5.86. The summed E-state index contributed by atoms with van der Waals surface area (Å²) in [6.07, 6.45) is 1.73. The van der Waals surface area contributed by atoms with Crippen molar-refractivity contribution in [1.82, 2.24) is 4.57 Å². The molecule has 4 nitrogen and oxygen atoms in total. The van der Waals surface area contributed by atoms with Crippen LogP contribution in [0.1, 0.15) is 11.1 Å². The quantitative estimate of drug-likeness (QED) is 0.291. The summed E-state index contributed by atoms with van der Waals surface area (Å²) >= 11 is 5.13. The average Bonchev–Trinajstić information content (AvgIpc) is 3.04. The van der Waals surface area contributed by atoms with Crippen LogP contribution in [-0.2, 0) is 13.7 Å². The van der Waals surface area contributed by atoms with Crippen LogP contribution in [0.25, 0.3) is 10.2 Å². The maximum atomic E-state index is 6.00. The monoisotopic (exact) mass is 451 g/mol. The third kappa shape index (κ3) is 4.24. The number of para-hydroxylation sites is 1.